The zero-order valence-electron chi connectivity index (χ0n) is 13.9. The predicted octanol–water partition coefficient (Wildman–Crippen LogP) is 4.43. The number of hydrogen-bond acceptors (Lipinski definition) is 2. The first-order chi connectivity index (χ1) is 11.9. The number of carbonyl (C=O) groups excluding carboxylic acids is 1. The smallest absolute Gasteiger partial charge is 0.339 e. The second-order valence-corrected chi connectivity index (χ2v) is 6.34. The number of alkyl halides is 3. The van der Waals surface area contributed by atoms with Crippen LogP contribution in [0.25, 0.3) is 0 Å². The molecule has 0 spiro atoms. The number of benzene rings is 1. The van der Waals surface area contributed by atoms with E-state index in [-0.39, 0.29) is 11.8 Å². The predicted molar refractivity (Wildman–Crippen MR) is 88.3 cm³/mol. The quantitative estimate of drug-likeness (QED) is 0.804. The lowest BCUT2D eigenvalue weighted by Crippen LogP contribution is -2.38. The van der Waals surface area contributed by atoms with Gasteiger partial charge in [0.2, 0.25) is 0 Å². The van der Waals surface area contributed by atoms with Crippen LogP contribution in [0.1, 0.15) is 45.9 Å². The van der Waals surface area contributed by atoms with Crippen molar-refractivity contribution in [2.24, 2.45) is 0 Å². The Morgan fingerprint density at radius 1 is 1.16 bits per heavy atom. The van der Waals surface area contributed by atoms with Crippen LogP contribution in [0.5, 0.6) is 0 Å². The van der Waals surface area contributed by atoms with E-state index in [0.29, 0.717) is 37.1 Å². The molecule has 132 valence electrons. The van der Waals surface area contributed by atoms with Gasteiger partial charge in [-0.25, -0.2) is 0 Å². The maximum Gasteiger partial charge on any atom is 0.416 e. The Morgan fingerprint density at radius 3 is 2.48 bits per heavy atom. The number of likely N-dealkylation sites (tertiary alicyclic amines) is 1. The summed E-state index contributed by atoms with van der Waals surface area (Å²) in [6.07, 6.45) is -1.70. The summed E-state index contributed by atoms with van der Waals surface area (Å²) in [5.74, 6) is -0.269. The molecular weight excluding hydrogens is 329 g/mol. The van der Waals surface area contributed by atoms with Gasteiger partial charge in [-0.2, -0.15) is 13.2 Å². The number of piperidine rings is 1. The molecule has 1 amide bonds. The minimum Gasteiger partial charge on any atom is -0.339 e. The van der Waals surface area contributed by atoms with Crippen LogP contribution in [-0.4, -0.2) is 28.9 Å². The molecule has 2 heterocycles. The topological polar surface area (TPSA) is 33.2 Å². The van der Waals surface area contributed by atoms with Gasteiger partial charge < -0.3 is 4.90 Å². The molecule has 1 fully saturated rings. The van der Waals surface area contributed by atoms with E-state index in [1.807, 2.05) is 6.92 Å². The molecule has 1 aliphatic rings. The lowest BCUT2D eigenvalue weighted by molar-refractivity contribution is -0.138. The van der Waals surface area contributed by atoms with Crippen LogP contribution in [0.3, 0.4) is 0 Å². The van der Waals surface area contributed by atoms with Crippen molar-refractivity contribution in [1.82, 2.24) is 9.88 Å². The minimum absolute atomic E-state index is 0.0898. The number of carbonyl (C=O) groups is 1. The van der Waals surface area contributed by atoms with Crippen molar-refractivity contribution in [1.29, 1.82) is 0 Å². The number of rotatable bonds is 2. The Hall–Kier alpha value is -2.37. The molecule has 2 aromatic rings. The molecule has 3 nitrogen and oxygen atoms in total. The maximum atomic E-state index is 13.2. The number of pyridine rings is 1. The van der Waals surface area contributed by atoms with E-state index in [1.165, 1.54) is 6.07 Å². The first-order valence-corrected chi connectivity index (χ1v) is 8.24. The van der Waals surface area contributed by atoms with Crippen LogP contribution in [0, 0.1) is 6.92 Å². The first-order valence-electron chi connectivity index (χ1n) is 8.24. The highest BCUT2D eigenvalue weighted by Gasteiger charge is 2.36. The zero-order valence-corrected chi connectivity index (χ0v) is 13.9. The molecule has 0 atom stereocenters. The molecule has 0 N–H and O–H groups in total. The van der Waals surface area contributed by atoms with Crippen molar-refractivity contribution < 1.29 is 18.0 Å². The second-order valence-electron chi connectivity index (χ2n) is 6.34. The molecule has 0 unspecified atom stereocenters. The van der Waals surface area contributed by atoms with Gasteiger partial charge in [-0.3, -0.25) is 9.78 Å². The van der Waals surface area contributed by atoms with Crippen LogP contribution in [-0.2, 0) is 6.18 Å². The summed E-state index contributed by atoms with van der Waals surface area (Å²) in [7, 11) is 0. The summed E-state index contributed by atoms with van der Waals surface area (Å²) in [4.78, 5) is 18.3. The summed E-state index contributed by atoms with van der Waals surface area (Å²) in [6.45, 7) is 2.73. The van der Waals surface area contributed by atoms with Crippen molar-refractivity contribution in [3.05, 3.63) is 65.0 Å². The molecule has 1 saturated heterocycles. The molecule has 0 saturated carbocycles. The van der Waals surface area contributed by atoms with Gasteiger partial charge in [0.1, 0.15) is 0 Å². The van der Waals surface area contributed by atoms with E-state index in [1.54, 1.807) is 35.4 Å². The summed E-state index contributed by atoms with van der Waals surface area (Å²) in [5, 5.41) is 0. The van der Waals surface area contributed by atoms with Crippen molar-refractivity contribution in [2.45, 2.75) is 31.9 Å². The number of aryl methyl sites for hydroxylation is 1. The van der Waals surface area contributed by atoms with Gasteiger partial charge in [0.25, 0.3) is 5.91 Å². The Balaban J connectivity index is 1.72. The van der Waals surface area contributed by atoms with E-state index in [2.05, 4.69) is 4.98 Å². The molecule has 25 heavy (non-hydrogen) atoms. The third kappa shape index (κ3) is 3.83. The Kier molecular flexibility index (Phi) is 4.79. The molecule has 0 bridgehead atoms. The average molecular weight is 348 g/mol. The zero-order chi connectivity index (χ0) is 18.0. The van der Waals surface area contributed by atoms with Crippen molar-refractivity contribution in [3.8, 4) is 0 Å². The number of amides is 1. The number of nitrogens with zero attached hydrogens (tertiary/aromatic N) is 2. The van der Waals surface area contributed by atoms with Gasteiger partial charge in [0.05, 0.1) is 5.56 Å². The van der Waals surface area contributed by atoms with Crippen LogP contribution >= 0.6 is 0 Å². The van der Waals surface area contributed by atoms with Crippen molar-refractivity contribution in [2.75, 3.05) is 13.1 Å². The third-order valence-electron chi connectivity index (χ3n) is 4.63. The minimum atomic E-state index is -4.35. The molecule has 0 aliphatic carbocycles. The number of hydrogen-bond donors (Lipinski definition) is 0. The standard InChI is InChI=1S/C19H19F3N2O/c1-13-12-15(6-9-23-13)18(25)24-10-7-14(8-11-24)16-4-2-3-5-17(16)19(20,21)22/h2-6,9,12,14H,7-8,10-11H2,1H3. The second kappa shape index (κ2) is 6.86. The Labute approximate surface area is 144 Å². The highest BCUT2D eigenvalue weighted by atomic mass is 19.4. The van der Waals surface area contributed by atoms with Crippen molar-refractivity contribution in [3.63, 3.8) is 0 Å². The van der Waals surface area contributed by atoms with Crippen LogP contribution < -0.4 is 0 Å². The average Bonchev–Trinajstić information content (AvgIpc) is 2.60. The fourth-order valence-electron chi connectivity index (χ4n) is 3.37. The molecule has 0 radical (unpaired) electrons. The molecule has 1 aliphatic heterocycles. The number of aromatic nitrogens is 1. The van der Waals surface area contributed by atoms with Gasteiger partial charge >= 0.3 is 6.18 Å². The lowest BCUT2D eigenvalue weighted by atomic mass is 9.86. The first kappa shape index (κ1) is 17.5. The van der Waals surface area contributed by atoms with Crippen LogP contribution in [0.2, 0.25) is 0 Å². The third-order valence-corrected chi connectivity index (χ3v) is 4.63. The lowest BCUT2D eigenvalue weighted by Gasteiger charge is -2.33. The highest BCUT2D eigenvalue weighted by molar-refractivity contribution is 5.94. The van der Waals surface area contributed by atoms with E-state index in [9.17, 15) is 18.0 Å². The molecule has 6 heteroatoms. The maximum absolute atomic E-state index is 13.2. The monoisotopic (exact) mass is 348 g/mol. The van der Waals surface area contributed by atoms with Gasteiger partial charge in [-0.05, 0) is 49.4 Å². The summed E-state index contributed by atoms with van der Waals surface area (Å²) < 4.78 is 39.6. The van der Waals surface area contributed by atoms with Crippen LogP contribution in [0.15, 0.2) is 42.6 Å². The molecule has 1 aromatic heterocycles. The molecular formula is C19H19F3N2O. The normalized spacial score (nSPS) is 16.1. The molecule has 3 rings (SSSR count). The summed E-state index contributed by atoms with van der Waals surface area (Å²) in [5.41, 5.74) is 1.10. The fourth-order valence-corrected chi connectivity index (χ4v) is 3.37. The van der Waals surface area contributed by atoms with E-state index < -0.39 is 11.7 Å². The fraction of sp³-hybridized carbons (Fsp3) is 0.368. The van der Waals surface area contributed by atoms with E-state index in [4.69, 9.17) is 0 Å². The summed E-state index contributed by atoms with van der Waals surface area (Å²) in [6, 6.07) is 9.14. The van der Waals surface area contributed by atoms with Crippen molar-refractivity contribution >= 4 is 5.91 Å². The van der Waals surface area contributed by atoms with Gasteiger partial charge in [-0.1, -0.05) is 18.2 Å². The Morgan fingerprint density at radius 2 is 1.84 bits per heavy atom. The summed E-state index contributed by atoms with van der Waals surface area (Å²) >= 11 is 0. The van der Waals surface area contributed by atoms with Gasteiger partial charge in [0.15, 0.2) is 0 Å². The number of halogens is 3. The van der Waals surface area contributed by atoms with Gasteiger partial charge in [0, 0.05) is 30.5 Å². The SMILES string of the molecule is Cc1cc(C(=O)N2CCC(c3ccccc3C(F)(F)F)CC2)ccn1. The van der Waals surface area contributed by atoms with Gasteiger partial charge in [-0.15, -0.1) is 0 Å². The molecule has 1 aromatic carbocycles. The van der Waals surface area contributed by atoms with E-state index in [0.717, 1.165) is 11.8 Å². The highest BCUT2D eigenvalue weighted by Crippen LogP contribution is 2.38. The largest absolute Gasteiger partial charge is 0.416 e. The van der Waals surface area contributed by atoms with E-state index >= 15 is 0 Å². The van der Waals surface area contributed by atoms with Crippen LogP contribution in [0.4, 0.5) is 13.2 Å². The Bertz CT molecular complexity index is 765.